The van der Waals surface area contributed by atoms with Crippen LogP contribution in [0, 0.1) is 11.3 Å². The van der Waals surface area contributed by atoms with Gasteiger partial charge in [-0.25, -0.2) is 0 Å². The van der Waals surface area contributed by atoms with Crippen LogP contribution in [0.2, 0.25) is 0 Å². The smallest absolute Gasteiger partial charge is 0.243 e. The monoisotopic (exact) mass is 166 g/mol. The molecule has 1 N–H and O–H groups in total. The lowest BCUT2D eigenvalue weighted by atomic mass is 10.1. The van der Waals surface area contributed by atoms with Gasteiger partial charge >= 0.3 is 0 Å². The highest BCUT2D eigenvalue weighted by molar-refractivity contribution is 5.87. The standard InChI is InChI=1S/C9H14N2O/c1-3-5-9(12)11-8(4-2)6-7-10/h3,5,8H,4,6H2,1-2H3,(H,11,12). The highest BCUT2D eigenvalue weighted by Crippen LogP contribution is 1.95. The molecule has 0 saturated heterocycles. The molecule has 0 saturated carbocycles. The van der Waals surface area contributed by atoms with E-state index >= 15 is 0 Å². The molecule has 0 heterocycles. The summed E-state index contributed by atoms with van der Waals surface area (Å²) in [6.07, 6.45) is 4.30. The maximum absolute atomic E-state index is 11.0. The van der Waals surface area contributed by atoms with Crippen molar-refractivity contribution in [2.75, 3.05) is 0 Å². The first-order valence-electron chi connectivity index (χ1n) is 4.04. The van der Waals surface area contributed by atoms with E-state index in [0.29, 0.717) is 6.42 Å². The summed E-state index contributed by atoms with van der Waals surface area (Å²) < 4.78 is 0. The molecule has 0 aromatic rings. The summed E-state index contributed by atoms with van der Waals surface area (Å²) in [6, 6.07) is 2.01. The summed E-state index contributed by atoms with van der Waals surface area (Å²) in [5.74, 6) is -0.125. The van der Waals surface area contributed by atoms with Crippen LogP contribution in [0.3, 0.4) is 0 Å². The molecule has 1 atom stereocenters. The predicted molar refractivity (Wildman–Crippen MR) is 47.3 cm³/mol. The van der Waals surface area contributed by atoms with Gasteiger partial charge in [0.15, 0.2) is 0 Å². The first kappa shape index (κ1) is 10.7. The van der Waals surface area contributed by atoms with Gasteiger partial charge in [0.2, 0.25) is 5.91 Å². The number of carbonyl (C=O) groups is 1. The van der Waals surface area contributed by atoms with Crippen LogP contribution in [0.25, 0.3) is 0 Å². The first-order chi connectivity index (χ1) is 5.74. The lowest BCUT2D eigenvalue weighted by Gasteiger charge is -2.10. The maximum Gasteiger partial charge on any atom is 0.243 e. The van der Waals surface area contributed by atoms with Crippen LogP contribution in [0.5, 0.6) is 0 Å². The van der Waals surface area contributed by atoms with E-state index in [2.05, 4.69) is 5.32 Å². The molecule has 0 aliphatic heterocycles. The highest BCUT2D eigenvalue weighted by Gasteiger charge is 2.06. The molecule has 0 aromatic carbocycles. The van der Waals surface area contributed by atoms with Crippen molar-refractivity contribution < 1.29 is 4.79 Å². The molecule has 0 fully saturated rings. The average molecular weight is 166 g/mol. The molecule has 1 amide bonds. The van der Waals surface area contributed by atoms with Crippen molar-refractivity contribution in [2.24, 2.45) is 0 Å². The van der Waals surface area contributed by atoms with Gasteiger partial charge in [-0.15, -0.1) is 0 Å². The van der Waals surface area contributed by atoms with Crippen molar-refractivity contribution >= 4 is 5.91 Å². The molecule has 3 heteroatoms. The van der Waals surface area contributed by atoms with Crippen LogP contribution in [0.4, 0.5) is 0 Å². The van der Waals surface area contributed by atoms with E-state index in [9.17, 15) is 4.79 Å². The van der Waals surface area contributed by atoms with Crippen LogP contribution >= 0.6 is 0 Å². The SMILES string of the molecule is CC=CC(=O)NC(CC)CC#N. The molecule has 0 radical (unpaired) electrons. The van der Waals surface area contributed by atoms with Gasteiger partial charge < -0.3 is 5.32 Å². The molecule has 12 heavy (non-hydrogen) atoms. The Bertz CT molecular complexity index is 203. The van der Waals surface area contributed by atoms with Crippen molar-refractivity contribution in [3.8, 4) is 6.07 Å². The van der Waals surface area contributed by atoms with Crippen molar-refractivity contribution in [1.82, 2.24) is 5.32 Å². The third-order valence-corrected chi connectivity index (χ3v) is 1.49. The number of hydrogen-bond acceptors (Lipinski definition) is 2. The molecule has 0 aliphatic rings. The summed E-state index contributed by atoms with van der Waals surface area (Å²) in [4.78, 5) is 11.0. The molecule has 0 rings (SSSR count). The fourth-order valence-electron chi connectivity index (χ4n) is 0.808. The van der Waals surface area contributed by atoms with Crippen molar-refractivity contribution in [3.63, 3.8) is 0 Å². The van der Waals surface area contributed by atoms with E-state index < -0.39 is 0 Å². The zero-order valence-electron chi connectivity index (χ0n) is 7.50. The summed E-state index contributed by atoms with van der Waals surface area (Å²) in [7, 11) is 0. The van der Waals surface area contributed by atoms with Crippen LogP contribution < -0.4 is 5.32 Å². The Morgan fingerprint density at radius 1 is 1.75 bits per heavy atom. The molecule has 1 unspecified atom stereocenters. The normalized spacial score (nSPS) is 12.4. The molecule has 0 bridgehead atoms. The van der Waals surface area contributed by atoms with Gasteiger partial charge in [0.25, 0.3) is 0 Å². The third-order valence-electron chi connectivity index (χ3n) is 1.49. The summed E-state index contributed by atoms with van der Waals surface area (Å²) in [6.45, 7) is 3.72. The summed E-state index contributed by atoms with van der Waals surface area (Å²) in [5, 5.41) is 11.1. The van der Waals surface area contributed by atoms with E-state index in [1.807, 2.05) is 13.0 Å². The van der Waals surface area contributed by atoms with Gasteiger partial charge in [0, 0.05) is 6.04 Å². The summed E-state index contributed by atoms with van der Waals surface area (Å²) in [5.41, 5.74) is 0. The Hall–Kier alpha value is -1.30. The number of nitriles is 1. The van der Waals surface area contributed by atoms with Crippen LogP contribution in [-0.2, 0) is 4.79 Å². The second-order valence-electron chi connectivity index (χ2n) is 2.48. The Morgan fingerprint density at radius 3 is 2.83 bits per heavy atom. The number of amides is 1. The summed E-state index contributed by atoms with van der Waals surface area (Å²) >= 11 is 0. The number of nitrogens with zero attached hydrogens (tertiary/aromatic N) is 1. The minimum absolute atomic E-state index is 0.0151. The first-order valence-corrected chi connectivity index (χ1v) is 4.04. The molecule has 0 spiro atoms. The lowest BCUT2D eigenvalue weighted by Crippen LogP contribution is -2.32. The number of rotatable bonds is 4. The van der Waals surface area contributed by atoms with Crippen molar-refractivity contribution in [3.05, 3.63) is 12.2 Å². The van der Waals surface area contributed by atoms with E-state index in [0.717, 1.165) is 6.42 Å². The Labute approximate surface area is 73.1 Å². The van der Waals surface area contributed by atoms with Crippen LogP contribution in [0.15, 0.2) is 12.2 Å². The number of carbonyl (C=O) groups excluding carboxylic acids is 1. The largest absolute Gasteiger partial charge is 0.349 e. The van der Waals surface area contributed by atoms with Crippen LogP contribution in [0.1, 0.15) is 26.7 Å². The van der Waals surface area contributed by atoms with Gasteiger partial charge in [-0.05, 0) is 19.4 Å². The van der Waals surface area contributed by atoms with Crippen molar-refractivity contribution in [2.45, 2.75) is 32.7 Å². The van der Waals surface area contributed by atoms with Gasteiger partial charge in [-0.3, -0.25) is 4.79 Å². The molecular formula is C9H14N2O. The van der Waals surface area contributed by atoms with E-state index in [-0.39, 0.29) is 11.9 Å². The number of allylic oxidation sites excluding steroid dienone is 1. The Kier molecular flexibility index (Phi) is 5.72. The predicted octanol–water partition coefficient (Wildman–Crippen LogP) is 1.37. The van der Waals surface area contributed by atoms with Gasteiger partial charge in [0.05, 0.1) is 12.5 Å². The quantitative estimate of drug-likeness (QED) is 0.641. The molecular weight excluding hydrogens is 152 g/mol. The Morgan fingerprint density at radius 2 is 2.42 bits per heavy atom. The zero-order valence-corrected chi connectivity index (χ0v) is 7.50. The van der Waals surface area contributed by atoms with E-state index in [1.54, 1.807) is 13.0 Å². The topological polar surface area (TPSA) is 52.9 Å². The number of nitrogens with one attached hydrogen (secondary N) is 1. The fraction of sp³-hybridized carbons (Fsp3) is 0.556. The van der Waals surface area contributed by atoms with Crippen LogP contribution in [-0.4, -0.2) is 11.9 Å². The molecule has 66 valence electrons. The van der Waals surface area contributed by atoms with Crippen molar-refractivity contribution in [1.29, 1.82) is 5.26 Å². The van der Waals surface area contributed by atoms with E-state index in [1.165, 1.54) is 6.08 Å². The second-order valence-corrected chi connectivity index (χ2v) is 2.48. The Balaban J connectivity index is 3.86. The zero-order chi connectivity index (χ0) is 9.40. The van der Waals surface area contributed by atoms with E-state index in [4.69, 9.17) is 5.26 Å². The molecule has 0 aliphatic carbocycles. The average Bonchev–Trinajstić information content (AvgIpc) is 2.04. The fourth-order valence-corrected chi connectivity index (χ4v) is 0.808. The minimum Gasteiger partial charge on any atom is -0.349 e. The third kappa shape index (κ3) is 4.51. The highest BCUT2D eigenvalue weighted by atomic mass is 16.1. The van der Waals surface area contributed by atoms with Gasteiger partial charge in [0.1, 0.15) is 0 Å². The maximum atomic E-state index is 11.0. The molecule has 3 nitrogen and oxygen atoms in total. The minimum atomic E-state index is -0.125. The number of hydrogen-bond donors (Lipinski definition) is 1. The van der Waals surface area contributed by atoms with Gasteiger partial charge in [-0.1, -0.05) is 13.0 Å². The second kappa shape index (κ2) is 6.41. The van der Waals surface area contributed by atoms with Gasteiger partial charge in [-0.2, -0.15) is 5.26 Å². The lowest BCUT2D eigenvalue weighted by molar-refractivity contribution is -0.117. The molecule has 0 aromatic heterocycles.